The molecule has 96 valence electrons. The number of thiazole rings is 1. The number of nitrogens with zero attached hydrogens (tertiary/aromatic N) is 2. The lowest BCUT2D eigenvalue weighted by atomic mass is 10.1. The molecule has 1 atom stereocenters. The van der Waals surface area contributed by atoms with E-state index in [1.54, 1.807) is 12.1 Å². The minimum Gasteiger partial charge on any atom is -0.264 e. The van der Waals surface area contributed by atoms with Gasteiger partial charge in [-0.15, -0.1) is 11.3 Å². The van der Waals surface area contributed by atoms with Gasteiger partial charge in [-0.2, -0.15) is 17.6 Å². The number of alkyl halides is 3. The molecule has 0 aromatic carbocycles. The number of rotatable bonds is 2. The maximum atomic E-state index is 13.5. The summed E-state index contributed by atoms with van der Waals surface area (Å²) >= 11 is 0.701. The summed E-state index contributed by atoms with van der Waals surface area (Å²) in [6.07, 6.45) is -1.52. The van der Waals surface area contributed by atoms with Gasteiger partial charge in [-0.25, -0.2) is 4.98 Å². The molecule has 2 aromatic heterocycles. The molecule has 0 bridgehead atoms. The SMILES string of the molecule is CC(c1sc(-c2cccnc2)nc1F)C(F)(F)F. The van der Waals surface area contributed by atoms with Gasteiger partial charge in [0.1, 0.15) is 5.01 Å². The van der Waals surface area contributed by atoms with Crippen molar-refractivity contribution in [3.05, 3.63) is 35.4 Å². The average molecular weight is 276 g/mol. The zero-order chi connectivity index (χ0) is 13.3. The topological polar surface area (TPSA) is 25.8 Å². The molecule has 2 aromatic rings. The average Bonchev–Trinajstić information content (AvgIpc) is 2.70. The highest BCUT2D eigenvalue weighted by molar-refractivity contribution is 7.15. The van der Waals surface area contributed by atoms with Crippen LogP contribution in [-0.4, -0.2) is 16.1 Å². The second kappa shape index (κ2) is 4.64. The van der Waals surface area contributed by atoms with Crippen LogP contribution in [0.4, 0.5) is 17.6 Å². The summed E-state index contributed by atoms with van der Waals surface area (Å²) in [6.45, 7) is 0.920. The van der Waals surface area contributed by atoms with Gasteiger partial charge in [-0.1, -0.05) is 0 Å². The van der Waals surface area contributed by atoms with Crippen molar-refractivity contribution in [2.75, 3.05) is 0 Å². The van der Waals surface area contributed by atoms with Crippen molar-refractivity contribution in [2.24, 2.45) is 0 Å². The van der Waals surface area contributed by atoms with Gasteiger partial charge >= 0.3 is 6.18 Å². The van der Waals surface area contributed by atoms with Gasteiger partial charge < -0.3 is 0 Å². The monoisotopic (exact) mass is 276 g/mol. The Hall–Kier alpha value is -1.50. The molecule has 0 saturated carbocycles. The largest absolute Gasteiger partial charge is 0.396 e. The van der Waals surface area contributed by atoms with Crippen LogP contribution in [0.15, 0.2) is 24.5 Å². The Kier molecular flexibility index (Phi) is 3.34. The van der Waals surface area contributed by atoms with Crippen LogP contribution in [0.1, 0.15) is 17.7 Å². The fourth-order valence-corrected chi connectivity index (χ4v) is 2.35. The molecule has 0 aliphatic rings. The molecule has 0 aliphatic heterocycles. The molecule has 0 aliphatic carbocycles. The Morgan fingerprint density at radius 1 is 1.33 bits per heavy atom. The molecule has 0 spiro atoms. The van der Waals surface area contributed by atoms with E-state index in [1.807, 2.05) is 0 Å². The summed E-state index contributed by atoms with van der Waals surface area (Å²) < 4.78 is 51.0. The van der Waals surface area contributed by atoms with E-state index in [4.69, 9.17) is 0 Å². The summed E-state index contributed by atoms with van der Waals surface area (Å²) in [7, 11) is 0. The molecular formula is C11H8F4N2S. The van der Waals surface area contributed by atoms with Crippen LogP contribution in [0.5, 0.6) is 0 Å². The highest BCUT2D eigenvalue weighted by Gasteiger charge is 2.40. The van der Waals surface area contributed by atoms with Gasteiger partial charge in [-0.05, 0) is 19.1 Å². The number of hydrogen-bond donors (Lipinski definition) is 0. The van der Waals surface area contributed by atoms with Gasteiger partial charge in [0, 0.05) is 18.0 Å². The minimum absolute atomic E-state index is 0.201. The first kappa shape index (κ1) is 12.9. The van der Waals surface area contributed by atoms with Crippen LogP contribution < -0.4 is 0 Å². The standard InChI is InChI=1S/C11H8F4N2S/c1-6(11(13,14)15)8-9(12)17-10(18-8)7-3-2-4-16-5-7/h2-6H,1H3. The number of halogens is 4. The van der Waals surface area contributed by atoms with Gasteiger partial charge in [0.2, 0.25) is 5.95 Å². The summed E-state index contributed by atoms with van der Waals surface area (Å²) in [5, 5.41) is 0.201. The van der Waals surface area contributed by atoms with E-state index in [9.17, 15) is 17.6 Å². The predicted octanol–water partition coefficient (Wildman–Crippen LogP) is 4.01. The van der Waals surface area contributed by atoms with Crippen LogP contribution in [0.25, 0.3) is 10.6 Å². The fourth-order valence-electron chi connectivity index (χ4n) is 1.34. The third-order valence-electron chi connectivity index (χ3n) is 2.40. The first-order valence-electron chi connectivity index (χ1n) is 5.03. The van der Waals surface area contributed by atoms with Gasteiger partial charge in [0.05, 0.1) is 10.8 Å². The highest BCUT2D eigenvalue weighted by atomic mass is 32.1. The molecule has 0 amide bonds. The van der Waals surface area contributed by atoms with Crippen molar-refractivity contribution in [2.45, 2.75) is 19.0 Å². The molecule has 18 heavy (non-hydrogen) atoms. The van der Waals surface area contributed by atoms with Gasteiger partial charge in [-0.3, -0.25) is 4.98 Å². The van der Waals surface area contributed by atoms with Crippen LogP contribution >= 0.6 is 11.3 Å². The van der Waals surface area contributed by atoms with Crippen molar-refractivity contribution >= 4 is 11.3 Å². The number of pyridine rings is 1. The summed E-state index contributed by atoms with van der Waals surface area (Å²) in [4.78, 5) is 6.94. The Labute approximate surface area is 104 Å². The summed E-state index contributed by atoms with van der Waals surface area (Å²) in [5.74, 6) is -2.93. The summed E-state index contributed by atoms with van der Waals surface area (Å²) in [5.41, 5.74) is 0.502. The second-order valence-electron chi connectivity index (χ2n) is 3.68. The van der Waals surface area contributed by atoms with E-state index < -0.39 is 22.9 Å². The van der Waals surface area contributed by atoms with E-state index >= 15 is 0 Å². The second-order valence-corrected chi connectivity index (χ2v) is 4.71. The van der Waals surface area contributed by atoms with Crippen molar-refractivity contribution in [1.29, 1.82) is 0 Å². The van der Waals surface area contributed by atoms with Gasteiger partial charge in [0.25, 0.3) is 0 Å². The van der Waals surface area contributed by atoms with Crippen LogP contribution in [-0.2, 0) is 0 Å². The third kappa shape index (κ3) is 2.50. The Morgan fingerprint density at radius 3 is 2.61 bits per heavy atom. The smallest absolute Gasteiger partial charge is 0.264 e. The number of hydrogen-bond acceptors (Lipinski definition) is 3. The first-order valence-corrected chi connectivity index (χ1v) is 5.84. The maximum Gasteiger partial charge on any atom is 0.396 e. The molecule has 0 fully saturated rings. The predicted molar refractivity (Wildman–Crippen MR) is 59.8 cm³/mol. The van der Waals surface area contributed by atoms with E-state index in [0.29, 0.717) is 16.9 Å². The molecule has 2 heterocycles. The lowest BCUT2D eigenvalue weighted by Crippen LogP contribution is -2.17. The molecule has 2 rings (SSSR count). The third-order valence-corrected chi connectivity index (χ3v) is 3.66. The fraction of sp³-hybridized carbons (Fsp3) is 0.273. The normalized spacial score (nSPS) is 13.6. The van der Waals surface area contributed by atoms with E-state index in [0.717, 1.165) is 6.92 Å². The van der Waals surface area contributed by atoms with Crippen molar-refractivity contribution < 1.29 is 17.6 Å². The summed E-state index contributed by atoms with van der Waals surface area (Å²) in [6, 6.07) is 3.23. The lowest BCUT2D eigenvalue weighted by Gasteiger charge is -2.12. The number of aromatic nitrogens is 2. The molecule has 7 heteroatoms. The molecule has 1 unspecified atom stereocenters. The van der Waals surface area contributed by atoms with E-state index in [-0.39, 0.29) is 5.01 Å². The minimum atomic E-state index is -4.47. The van der Waals surface area contributed by atoms with Crippen LogP contribution in [0.2, 0.25) is 0 Å². The van der Waals surface area contributed by atoms with E-state index in [2.05, 4.69) is 9.97 Å². The maximum absolute atomic E-state index is 13.5. The molecule has 0 saturated heterocycles. The molecule has 2 nitrogen and oxygen atoms in total. The lowest BCUT2D eigenvalue weighted by molar-refractivity contribution is -0.146. The Bertz CT molecular complexity index is 536. The molecular weight excluding hydrogens is 268 g/mol. The molecule has 0 radical (unpaired) electrons. The van der Waals surface area contributed by atoms with Crippen molar-refractivity contribution in [1.82, 2.24) is 9.97 Å². The van der Waals surface area contributed by atoms with Crippen molar-refractivity contribution in [3.63, 3.8) is 0 Å². The zero-order valence-electron chi connectivity index (χ0n) is 9.20. The highest BCUT2D eigenvalue weighted by Crippen LogP contribution is 2.40. The Morgan fingerprint density at radius 2 is 2.06 bits per heavy atom. The van der Waals surface area contributed by atoms with Crippen LogP contribution in [0, 0.1) is 5.95 Å². The first-order chi connectivity index (χ1) is 8.39. The quantitative estimate of drug-likeness (QED) is 0.774. The Balaban J connectivity index is 2.39. The zero-order valence-corrected chi connectivity index (χ0v) is 10.0. The van der Waals surface area contributed by atoms with Crippen molar-refractivity contribution in [3.8, 4) is 10.6 Å². The van der Waals surface area contributed by atoms with Crippen LogP contribution in [0.3, 0.4) is 0 Å². The molecule has 0 N–H and O–H groups in total. The van der Waals surface area contributed by atoms with E-state index in [1.165, 1.54) is 12.4 Å². The van der Waals surface area contributed by atoms with Gasteiger partial charge in [0.15, 0.2) is 0 Å².